The van der Waals surface area contributed by atoms with Crippen LogP contribution in [0.2, 0.25) is 0 Å². The van der Waals surface area contributed by atoms with Crippen LogP contribution in [0.3, 0.4) is 0 Å². The van der Waals surface area contributed by atoms with E-state index in [0.29, 0.717) is 18.5 Å². The molecule has 0 aromatic rings. The molecule has 2 amide bonds. The molecule has 1 saturated carbocycles. The van der Waals surface area contributed by atoms with E-state index in [1.165, 1.54) is 0 Å². The molecule has 2 rings (SSSR count). The van der Waals surface area contributed by atoms with E-state index in [2.05, 4.69) is 16.0 Å². The van der Waals surface area contributed by atoms with Gasteiger partial charge in [0.15, 0.2) is 0 Å². The summed E-state index contributed by atoms with van der Waals surface area (Å²) >= 11 is 0. The van der Waals surface area contributed by atoms with E-state index < -0.39 is 0 Å². The second-order valence-electron chi connectivity index (χ2n) is 4.62. The van der Waals surface area contributed by atoms with Crippen molar-refractivity contribution in [1.82, 2.24) is 16.0 Å². The van der Waals surface area contributed by atoms with Gasteiger partial charge < -0.3 is 16.0 Å². The molecule has 1 aliphatic heterocycles. The summed E-state index contributed by atoms with van der Waals surface area (Å²) in [4.78, 5) is 22.8. The van der Waals surface area contributed by atoms with Gasteiger partial charge in [-0.15, -0.1) is 12.4 Å². The monoisotopic (exact) mass is 261 g/mol. The van der Waals surface area contributed by atoms with E-state index in [-0.39, 0.29) is 30.8 Å². The topological polar surface area (TPSA) is 70.2 Å². The van der Waals surface area contributed by atoms with Gasteiger partial charge in [-0.3, -0.25) is 9.59 Å². The number of hydrogen-bond acceptors (Lipinski definition) is 3. The van der Waals surface area contributed by atoms with Gasteiger partial charge in [-0.05, 0) is 32.2 Å². The minimum Gasteiger partial charge on any atom is -0.352 e. The molecule has 0 aromatic heterocycles. The van der Waals surface area contributed by atoms with Crippen LogP contribution in [0.25, 0.3) is 0 Å². The zero-order valence-corrected chi connectivity index (χ0v) is 10.6. The highest BCUT2D eigenvalue weighted by Gasteiger charge is 2.23. The summed E-state index contributed by atoms with van der Waals surface area (Å²) in [5, 5.41) is 8.74. The Hall–Kier alpha value is -0.810. The first-order valence-electron chi connectivity index (χ1n) is 6.03. The second-order valence-corrected chi connectivity index (χ2v) is 4.62. The molecule has 2 aliphatic rings. The number of halogens is 1. The minimum absolute atomic E-state index is 0. The van der Waals surface area contributed by atoms with Crippen molar-refractivity contribution in [2.45, 2.75) is 44.2 Å². The lowest BCUT2D eigenvalue weighted by Gasteiger charge is -2.10. The first kappa shape index (κ1) is 14.3. The van der Waals surface area contributed by atoms with E-state index >= 15 is 0 Å². The van der Waals surface area contributed by atoms with Crippen LogP contribution in [0, 0.1) is 0 Å². The van der Waals surface area contributed by atoms with Crippen molar-refractivity contribution in [2.75, 3.05) is 13.1 Å². The normalized spacial score (nSPS) is 22.7. The van der Waals surface area contributed by atoms with Crippen LogP contribution in [0.15, 0.2) is 0 Å². The number of nitrogens with one attached hydrogen (secondary N) is 3. The fraction of sp³-hybridized carbons (Fsp3) is 0.818. The van der Waals surface area contributed by atoms with Gasteiger partial charge in [0.25, 0.3) is 0 Å². The molecule has 1 unspecified atom stereocenters. The molecule has 1 heterocycles. The Balaban J connectivity index is 0.00000144. The number of amides is 2. The fourth-order valence-corrected chi connectivity index (χ4v) is 1.91. The second kappa shape index (κ2) is 6.81. The highest BCUT2D eigenvalue weighted by molar-refractivity contribution is 5.85. The van der Waals surface area contributed by atoms with Gasteiger partial charge in [0, 0.05) is 18.5 Å². The minimum atomic E-state index is -0.0739. The summed E-state index contributed by atoms with van der Waals surface area (Å²) in [6.45, 7) is 1.11. The third-order valence-electron chi connectivity index (χ3n) is 2.98. The molecule has 1 aliphatic carbocycles. The molecule has 0 bridgehead atoms. The highest BCUT2D eigenvalue weighted by atomic mass is 35.5. The third kappa shape index (κ3) is 5.37. The predicted octanol–water partition coefficient (Wildman–Crippen LogP) is -0.0549. The number of rotatable bonds is 5. The smallest absolute Gasteiger partial charge is 0.239 e. The quantitative estimate of drug-likeness (QED) is 0.650. The van der Waals surface area contributed by atoms with Crippen molar-refractivity contribution in [3.8, 4) is 0 Å². The van der Waals surface area contributed by atoms with Crippen LogP contribution in [-0.4, -0.2) is 37.0 Å². The molecule has 0 radical (unpaired) electrons. The van der Waals surface area contributed by atoms with Crippen molar-refractivity contribution in [3.63, 3.8) is 0 Å². The summed E-state index contributed by atoms with van der Waals surface area (Å²) in [5.41, 5.74) is 0. The Kier molecular flexibility index (Phi) is 5.71. The molecule has 98 valence electrons. The Morgan fingerprint density at radius 2 is 1.94 bits per heavy atom. The Bertz CT molecular complexity index is 276. The van der Waals surface area contributed by atoms with Crippen LogP contribution in [0.1, 0.15) is 32.1 Å². The van der Waals surface area contributed by atoms with Crippen molar-refractivity contribution in [2.24, 2.45) is 0 Å². The van der Waals surface area contributed by atoms with Crippen LogP contribution in [0.5, 0.6) is 0 Å². The number of carbonyl (C=O) groups excluding carboxylic acids is 2. The number of hydrogen-bond donors (Lipinski definition) is 3. The Labute approximate surface area is 108 Å². The summed E-state index contributed by atoms with van der Waals surface area (Å²) in [5.74, 6) is -0.111. The highest BCUT2D eigenvalue weighted by Crippen LogP contribution is 2.18. The first-order chi connectivity index (χ1) is 7.74. The van der Waals surface area contributed by atoms with Gasteiger partial charge in [-0.2, -0.15) is 0 Å². The summed E-state index contributed by atoms with van der Waals surface area (Å²) in [6.07, 6.45) is 4.83. The first-order valence-corrected chi connectivity index (χ1v) is 6.03. The summed E-state index contributed by atoms with van der Waals surface area (Å²) in [7, 11) is 0. The molecule has 1 saturated heterocycles. The van der Waals surface area contributed by atoms with Gasteiger partial charge in [0.1, 0.15) is 0 Å². The van der Waals surface area contributed by atoms with Crippen molar-refractivity contribution < 1.29 is 9.59 Å². The fourth-order valence-electron chi connectivity index (χ4n) is 1.91. The zero-order chi connectivity index (χ0) is 11.4. The molecular formula is C11H20ClN3O2. The average molecular weight is 262 g/mol. The van der Waals surface area contributed by atoms with Crippen LogP contribution < -0.4 is 16.0 Å². The maximum atomic E-state index is 11.5. The van der Waals surface area contributed by atoms with E-state index in [1.54, 1.807) is 0 Å². The summed E-state index contributed by atoms with van der Waals surface area (Å²) < 4.78 is 0. The summed E-state index contributed by atoms with van der Waals surface area (Å²) in [6, 6.07) is 0.660. The van der Waals surface area contributed by atoms with E-state index in [0.717, 1.165) is 32.2 Å². The lowest BCUT2D eigenvalue weighted by atomic mass is 10.1. The zero-order valence-electron chi connectivity index (χ0n) is 9.83. The molecule has 6 heteroatoms. The third-order valence-corrected chi connectivity index (χ3v) is 2.98. The standard InChI is InChI=1S/C11H19N3O2.ClH/c15-10(6-9-2-1-5-12-9)13-7-11(16)14-8-3-4-8;/h8-9,12H,1-7H2,(H,13,15)(H,14,16);1H. The van der Waals surface area contributed by atoms with Crippen LogP contribution >= 0.6 is 12.4 Å². The Morgan fingerprint density at radius 3 is 2.53 bits per heavy atom. The van der Waals surface area contributed by atoms with Gasteiger partial charge in [0.05, 0.1) is 6.54 Å². The number of carbonyl (C=O) groups is 2. The van der Waals surface area contributed by atoms with E-state index in [1.807, 2.05) is 0 Å². The van der Waals surface area contributed by atoms with Gasteiger partial charge >= 0.3 is 0 Å². The van der Waals surface area contributed by atoms with Gasteiger partial charge in [0.2, 0.25) is 11.8 Å². The van der Waals surface area contributed by atoms with Crippen LogP contribution in [0.4, 0.5) is 0 Å². The lowest BCUT2D eigenvalue weighted by molar-refractivity contribution is -0.126. The molecule has 2 fully saturated rings. The van der Waals surface area contributed by atoms with Crippen molar-refractivity contribution in [1.29, 1.82) is 0 Å². The largest absolute Gasteiger partial charge is 0.352 e. The van der Waals surface area contributed by atoms with Gasteiger partial charge in [-0.1, -0.05) is 0 Å². The molecule has 3 N–H and O–H groups in total. The van der Waals surface area contributed by atoms with E-state index in [9.17, 15) is 9.59 Å². The lowest BCUT2D eigenvalue weighted by Crippen LogP contribution is -2.39. The van der Waals surface area contributed by atoms with Gasteiger partial charge in [-0.25, -0.2) is 0 Å². The average Bonchev–Trinajstić information content (AvgIpc) is 2.91. The Morgan fingerprint density at radius 1 is 1.18 bits per heavy atom. The molecule has 0 aromatic carbocycles. The molecule has 5 nitrogen and oxygen atoms in total. The van der Waals surface area contributed by atoms with Crippen LogP contribution in [-0.2, 0) is 9.59 Å². The maximum absolute atomic E-state index is 11.5. The SMILES string of the molecule is Cl.O=C(CC1CCCN1)NCC(=O)NC1CC1. The van der Waals surface area contributed by atoms with E-state index in [4.69, 9.17) is 0 Å². The molecular weight excluding hydrogens is 242 g/mol. The molecule has 0 spiro atoms. The molecule has 17 heavy (non-hydrogen) atoms. The maximum Gasteiger partial charge on any atom is 0.239 e. The molecule has 1 atom stereocenters. The van der Waals surface area contributed by atoms with Crippen molar-refractivity contribution >= 4 is 24.2 Å². The van der Waals surface area contributed by atoms with Crippen molar-refractivity contribution in [3.05, 3.63) is 0 Å². The predicted molar refractivity (Wildman–Crippen MR) is 67.1 cm³/mol.